The molecule has 1 amide bonds. The lowest BCUT2D eigenvalue weighted by Gasteiger charge is -2.42. The number of benzene rings is 2. The van der Waals surface area contributed by atoms with Gasteiger partial charge in [0.15, 0.2) is 0 Å². The lowest BCUT2D eigenvalue weighted by Crippen LogP contribution is -2.51. The number of ether oxygens (including phenoxy) is 2. The molecule has 1 fully saturated rings. The molecular formula is C34H44ClN3O5S. The van der Waals surface area contributed by atoms with Crippen LogP contribution in [0.3, 0.4) is 0 Å². The zero-order valence-corrected chi connectivity index (χ0v) is 27.5. The third-order valence-electron chi connectivity index (χ3n) is 10.3. The van der Waals surface area contributed by atoms with Gasteiger partial charge in [0.25, 0.3) is 5.91 Å². The number of hydrogen-bond acceptors (Lipinski definition) is 7. The Labute approximate surface area is 266 Å². The monoisotopic (exact) mass is 641 g/mol. The summed E-state index contributed by atoms with van der Waals surface area (Å²) >= 11 is 6.43. The quantitative estimate of drug-likeness (QED) is 0.443. The van der Waals surface area contributed by atoms with Crippen LogP contribution in [0.1, 0.15) is 67.4 Å². The number of halogens is 1. The molecule has 0 radical (unpaired) electrons. The second kappa shape index (κ2) is 12.7. The molecule has 2 bridgehead atoms. The summed E-state index contributed by atoms with van der Waals surface area (Å²) in [7, 11) is -2.16. The SMILES string of the molecule is COCC1/C=C/C[C@H](C)[C@@H](C)S(=O)(=O)NC(=O)c2ccc3c(c2)N(C[C@@H]2CCCN12)C[C@@]1(CCCc2cc(Cl)ccc21)CO3. The Bertz CT molecular complexity index is 1530. The van der Waals surface area contributed by atoms with E-state index >= 15 is 0 Å². The molecule has 1 unspecified atom stereocenters. The maximum atomic E-state index is 13.4. The Kier molecular flexibility index (Phi) is 9.03. The first-order valence-corrected chi connectivity index (χ1v) is 17.8. The molecule has 1 saturated heterocycles. The van der Waals surface area contributed by atoms with Crippen LogP contribution in [0, 0.1) is 5.92 Å². The fourth-order valence-electron chi connectivity index (χ4n) is 7.66. The number of methoxy groups -OCH3 is 1. The van der Waals surface area contributed by atoms with Crippen LogP contribution < -0.4 is 14.4 Å². The van der Waals surface area contributed by atoms with Crippen molar-refractivity contribution in [2.75, 3.05) is 44.9 Å². The molecule has 10 heteroatoms. The van der Waals surface area contributed by atoms with E-state index in [9.17, 15) is 13.2 Å². The van der Waals surface area contributed by atoms with Gasteiger partial charge in [-0.25, -0.2) is 13.1 Å². The van der Waals surface area contributed by atoms with Gasteiger partial charge >= 0.3 is 0 Å². The molecule has 2 aromatic carbocycles. The second-order valence-corrected chi connectivity index (χ2v) is 15.6. The van der Waals surface area contributed by atoms with Gasteiger partial charge in [-0.1, -0.05) is 36.7 Å². The number of fused-ring (bicyclic) bond motifs is 4. The number of carbonyl (C=O) groups excluding carboxylic acids is 1. The summed E-state index contributed by atoms with van der Waals surface area (Å²) in [6, 6.07) is 11.9. The first kappa shape index (κ1) is 31.4. The van der Waals surface area contributed by atoms with Crippen molar-refractivity contribution in [1.29, 1.82) is 0 Å². The van der Waals surface area contributed by atoms with Crippen LogP contribution in [0.5, 0.6) is 5.75 Å². The highest BCUT2D eigenvalue weighted by Crippen LogP contribution is 2.45. The molecule has 1 aliphatic carbocycles. The lowest BCUT2D eigenvalue weighted by molar-refractivity contribution is 0.0980. The highest BCUT2D eigenvalue weighted by atomic mass is 35.5. The van der Waals surface area contributed by atoms with Crippen molar-refractivity contribution in [2.45, 2.75) is 75.1 Å². The zero-order valence-electron chi connectivity index (χ0n) is 25.9. The zero-order chi connectivity index (χ0) is 31.1. The van der Waals surface area contributed by atoms with Crippen LogP contribution in [0.25, 0.3) is 0 Å². The number of rotatable bonds is 2. The standard InChI is InChI=1S/C34H44ClN3O5S/c1-23-7-4-9-29(20-42-3)38-16-6-10-28(38)19-37-21-34(15-5-8-25-17-27(35)12-13-30(25)34)22-43-32-14-11-26(18-31(32)37)33(39)36-44(40,41)24(23)2/h4,9,11-14,17-18,23-24,28-29H,5-8,10,15-16,19-22H2,1-3H3,(H,36,39)/b9-4+/t23-,24+,28-,29?,34-/m0/s1. The van der Waals surface area contributed by atoms with E-state index in [1.54, 1.807) is 20.1 Å². The number of sulfonamides is 1. The molecular weight excluding hydrogens is 598 g/mol. The molecule has 6 rings (SSSR count). The van der Waals surface area contributed by atoms with Crippen molar-refractivity contribution in [1.82, 2.24) is 9.62 Å². The summed E-state index contributed by atoms with van der Waals surface area (Å²) in [6.07, 6.45) is 10.0. The van der Waals surface area contributed by atoms with E-state index in [0.717, 1.165) is 62.4 Å². The smallest absolute Gasteiger partial charge is 0.264 e. The first-order chi connectivity index (χ1) is 21.1. The minimum atomic E-state index is -3.90. The first-order valence-electron chi connectivity index (χ1n) is 15.9. The van der Waals surface area contributed by atoms with Crippen LogP contribution in [0.15, 0.2) is 48.6 Å². The van der Waals surface area contributed by atoms with E-state index in [4.69, 9.17) is 21.1 Å². The van der Waals surface area contributed by atoms with E-state index in [-0.39, 0.29) is 23.4 Å². The van der Waals surface area contributed by atoms with Crippen molar-refractivity contribution in [2.24, 2.45) is 5.92 Å². The molecule has 238 valence electrons. The van der Waals surface area contributed by atoms with E-state index < -0.39 is 21.2 Å². The van der Waals surface area contributed by atoms with Gasteiger partial charge in [0.1, 0.15) is 5.75 Å². The Hall–Kier alpha value is -2.59. The average molecular weight is 642 g/mol. The van der Waals surface area contributed by atoms with Gasteiger partial charge in [-0.3, -0.25) is 9.69 Å². The minimum absolute atomic E-state index is 0.0831. The Morgan fingerprint density at radius 1 is 1.16 bits per heavy atom. The summed E-state index contributed by atoms with van der Waals surface area (Å²) in [4.78, 5) is 18.4. The summed E-state index contributed by atoms with van der Waals surface area (Å²) in [6.45, 7) is 7.11. The summed E-state index contributed by atoms with van der Waals surface area (Å²) in [5.41, 5.74) is 3.44. The maximum Gasteiger partial charge on any atom is 0.264 e. The molecule has 8 nitrogen and oxygen atoms in total. The van der Waals surface area contributed by atoms with Gasteiger partial charge in [-0.05, 0) is 99.4 Å². The summed E-state index contributed by atoms with van der Waals surface area (Å²) < 4.78 is 41.2. The van der Waals surface area contributed by atoms with Gasteiger partial charge in [0.2, 0.25) is 10.0 Å². The predicted molar refractivity (Wildman–Crippen MR) is 174 cm³/mol. The van der Waals surface area contributed by atoms with Crippen molar-refractivity contribution < 1.29 is 22.7 Å². The molecule has 1 spiro atoms. The number of hydrogen-bond donors (Lipinski definition) is 1. The van der Waals surface area contributed by atoms with Gasteiger partial charge in [0, 0.05) is 42.2 Å². The number of amides is 1. The molecule has 0 saturated carbocycles. The van der Waals surface area contributed by atoms with Gasteiger partial charge in [-0.15, -0.1) is 0 Å². The molecule has 44 heavy (non-hydrogen) atoms. The molecule has 4 aliphatic rings. The fourth-order valence-corrected chi connectivity index (χ4v) is 9.14. The van der Waals surface area contributed by atoms with E-state index in [0.29, 0.717) is 30.9 Å². The highest BCUT2D eigenvalue weighted by molar-refractivity contribution is 7.90. The van der Waals surface area contributed by atoms with Gasteiger partial charge in [0.05, 0.1) is 30.2 Å². The number of nitrogens with one attached hydrogen (secondary N) is 1. The maximum absolute atomic E-state index is 13.4. The van der Waals surface area contributed by atoms with E-state index in [1.807, 2.05) is 25.1 Å². The van der Waals surface area contributed by atoms with Crippen LogP contribution in [-0.4, -0.2) is 76.5 Å². The number of anilines is 1. The summed E-state index contributed by atoms with van der Waals surface area (Å²) in [5, 5.41) is 0.00148. The molecule has 3 aliphatic heterocycles. The number of allylic oxidation sites excluding steroid dienone is 1. The molecule has 0 aromatic heterocycles. The molecule has 1 N–H and O–H groups in total. The van der Waals surface area contributed by atoms with E-state index in [2.05, 4.69) is 38.8 Å². The Balaban J connectivity index is 1.45. The average Bonchev–Trinajstić information content (AvgIpc) is 3.40. The topological polar surface area (TPSA) is 88.2 Å². The van der Waals surface area contributed by atoms with Gasteiger partial charge in [-0.2, -0.15) is 0 Å². The van der Waals surface area contributed by atoms with Crippen LogP contribution in [0.2, 0.25) is 5.02 Å². The third-order valence-corrected chi connectivity index (χ3v) is 12.5. The van der Waals surface area contributed by atoms with Crippen molar-refractivity contribution in [3.05, 3.63) is 70.3 Å². The molecule has 5 atom stereocenters. The van der Waals surface area contributed by atoms with E-state index in [1.165, 1.54) is 11.1 Å². The highest BCUT2D eigenvalue weighted by Gasteiger charge is 2.43. The predicted octanol–water partition coefficient (Wildman–Crippen LogP) is 5.34. The third kappa shape index (κ3) is 6.13. The largest absolute Gasteiger partial charge is 0.490 e. The molecule has 3 heterocycles. The van der Waals surface area contributed by atoms with Crippen LogP contribution in [0.4, 0.5) is 5.69 Å². The van der Waals surface area contributed by atoms with Gasteiger partial charge < -0.3 is 14.4 Å². The fraction of sp³-hybridized carbons (Fsp3) is 0.559. The second-order valence-electron chi connectivity index (χ2n) is 13.2. The van der Waals surface area contributed by atoms with Crippen molar-refractivity contribution in [3.63, 3.8) is 0 Å². The van der Waals surface area contributed by atoms with Crippen molar-refractivity contribution >= 4 is 33.2 Å². The minimum Gasteiger partial charge on any atom is -0.490 e. The summed E-state index contributed by atoms with van der Waals surface area (Å²) in [5.74, 6) is -0.0838. The number of carbonyl (C=O) groups is 1. The number of nitrogens with zero attached hydrogens (tertiary/aromatic N) is 2. The Morgan fingerprint density at radius 3 is 2.82 bits per heavy atom. The van der Waals surface area contributed by atoms with Crippen molar-refractivity contribution in [3.8, 4) is 5.75 Å². The van der Waals surface area contributed by atoms with Crippen LogP contribution >= 0.6 is 11.6 Å². The number of aryl methyl sites for hydroxylation is 1. The normalized spacial score (nSPS) is 31.4. The molecule has 2 aromatic rings. The Morgan fingerprint density at radius 2 is 2.00 bits per heavy atom. The van der Waals surface area contributed by atoms with Crippen LogP contribution in [-0.2, 0) is 26.6 Å². The lowest BCUT2D eigenvalue weighted by atomic mass is 9.70.